The fraction of sp³-hybridized carbons (Fsp3) is 0.458. The minimum absolute atomic E-state index is 0.0691. The Labute approximate surface area is 182 Å². The molecule has 7 nitrogen and oxygen atoms in total. The predicted octanol–water partition coefficient (Wildman–Crippen LogP) is 3.07. The monoisotopic (exact) mass is 423 g/mol. The highest BCUT2D eigenvalue weighted by atomic mass is 16.5. The van der Waals surface area contributed by atoms with Crippen LogP contribution in [0.1, 0.15) is 38.2 Å². The van der Waals surface area contributed by atoms with E-state index in [9.17, 15) is 9.59 Å². The van der Waals surface area contributed by atoms with E-state index < -0.39 is 0 Å². The number of fused-ring (bicyclic) bond motifs is 2. The van der Waals surface area contributed by atoms with Crippen molar-refractivity contribution < 1.29 is 19.1 Å². The van der Waals surface area contributed by atoms with Crippen molar-refractivity contribution in [2.75, 3.05) is 38.3 Å². The Morgan fingerprint density at radius 3 is 2.71 bits per heavy atom. The van der Waals surface area contributed by atoms with Crippen molar-refractivity contribution in [2.45, 2.75) is 38.0 Å². The smallest absolute Gasteiger partial charge is 0.227 e. The average molecular weight is 424 g/mol. The zero-order valence-electron chi connectivity index (χ0n) is 18.1. The number of nitrogens with one attached hydrogen (secondary N) is 1. The van der Waals surface area contributed by atoms with Crippen molar-refractivity contribution in [3.63, 3.8) is 0 Å². The molecule has 0 aliphatic carbocycles. The van der Waals surface area contributed by atoms with Crippen LogP contribution in [0, 0.1) is 0 Å². The summed E-state index contributed by atoms with van der Waals surface area (Å²) in [6, 6.07) is 10.2. The fourth-order valence-corrected chi connectivity index (χ4v) is 4.60. The molecular formula is C24H29N3O4. The number of ether oxygens (including phenoxy) is 2. The van der Waals surface area contributed by atoms with Crippen LogP contribution in [0.2, 0.25) is 0 Å². The number of aromatic nitrogens is 1. The SMILES string of the molecule is COc1cc(-c2ccc3c(c2)C2(CCOCC2)CN3C(=O)CCCNC(C)=O)ccn1. The Morgan fingerprint density at radius 2 is 1.97 bits per heavy atom. The van der Waals surface area contributed by atoms with E-state index >= 15 is 0 Å². The number of pyridine rings is 1. The molecular weight excluding hydrogens is 394 g/mol. The number of hydrogen-bond donors (Lipinski definition) is 1. The number of amides is 2. The maximum absolute atomic E-state index is 13.1. The lowest BCUT2D eigenvalue weighted by Gasteiger charge is -2.34. The van der Waals surface area contributed by atoms with Crippen molar-refractivity contribution in [2.24, 2.45) is 0 Å². The third-order valence-corrected chi connectivity index (χ3v) is 6.29. The Balaban J connectivity index is 1.62. The van der Waals surface area contributed by atoms with E-state index in [0.29, 0.717) is 45.0 Å². The molecule has 0 radical (unpaired) electrons. The van der Waals surface area contributed by atoms with Gasteiger partial charge >= 0.3 is 0 Å². The van der Waals surface area contributed by atoms with Gasteiger partial charge in [-0.1, -0.05) is 6.07 Å². The molecule has 2 aliphatic rings. The van der Waals surface area contributed by atoms with E-state index in [1.807, 2.05) is 17.0 Å². The van der Waals surface area contributed by atoms with E-state index in [2.05, 4.69) is 28.5 Å². The fourth-order valence-electron chi connectivity index (χ4n) is 4.60. The molecule has 31 heavy (non-hydrogen) atoms. The van der Waals surface area contributed by atoms with Gasteiger partial charge in [-0.2, -0.15) is 0 Å². The Bertz CT molecular complexity index is 969. The van der Waals surface area contributed by atoms with Gasteiger partial charge in [0.25, 0.3) is 0 Å². The van der Waals surface area contributed by atoms with Crippen molar-refractivity contribution in [1.82, 2.24) is 10.3 Å². The summed E-state index contributed by atoms with van der Waals surface area (Å²) in [6.45, 7) is 4.11. The predicted molar refractivity (Wildman–Crippen MR) is 118 cm³/mol. The van der Waals surface area contributed by atoms with Gasteiger partial charge in [-0.3, -0.25) is 9.59 Å². The summed E-state index contributed by atoms with van der Waals surface area (Å²) in [6.07, 6.45) is 4.60. The largest absolute Gasteiger partial charge is 0.481 e. The molecule has 4 rings (SSSR count). The average Bonchev–Trinajstić information content (AvgIpc) is 3.10. The third-order valence-electron chi connectivity index (χ3n) is 6.29. The van der Waals surface area contributed by atoms with Crippen molar-refractivity contribution in [3.05, 3.63) is 42.1 Å². The molecule has 0 unspecified atom stereocenters. The van der Waals surface area contributed by atoms with Crippen LogP contribution >= 0.6 is 0 Å². The molecule has 3 heterocycles. The van der Waals surface area contributed by atoms with Gasteiger partial charge in [-0.15, -0.1) is 0 Å². The highest BCUT2D eigenvalue weighted by molar-refractivity contribution is 5.97. The first kappa shape index (κ1) is 21.3. The van der Waals surface area contributed by atoms with E-state index in [0.717, 1.165) is 29.7 Å². The van der Waals surface area contributed by atoms with Crippen LogP contribution in [-0.4, -0.2) is 50.2 Å². The first-order valence-electron chi connectivity index (χ1n) is 10.8. The zero-order valence-corrected chi connectivity index (χ0v) is 18.1. The molecule has 0 saturated carbocycles. The number of nitrogens with zero attached hydrogens (tertiary/aromatic N) is 2. The number of benzene rings is 1. The molecule has 2 aromatic rings. The first-order chi connectivity index (χ1) is 15.0. The number of rotatable bonds is 6. The molecule has 1 N–H and O–H groups in total. The second-order valence-electron chi connectivity index (χ2n) is 8.28. The summed E-state index contributed by atoms with van der Waals surface area (Å²) in [5.74, 6) is 0.614. The van der Waals surface area contributed by atoms with E-state index in [-0.39, 0.29) is 17.2 Å². The molecule has 1 saturated heterocycles. The Morgan fingerprint density at radius 1 is 1.19 bits per heavy atom. The van der Waals surface area contributed by atoms with Gasteiger partial charge < -0.3 is 19.7 Å². The highest BCUT2D eigenvalue weighted by Crippen LogP contribution is 2.48. The van der Waals surface area contributed by atoms with Crippen LogP contribution < -0.4 is 15.0 Å². The number of hydrogen-bond acceptors (Lipinski definition) is 5. The normalized spacial score (nSPS) is 16.8. The van der Waals surface area contributed by atoms with Gasteiger partial charge in [0.1, 0.15) is 0 Å². The summed E-state index contributed by atoms with van der Waals surface area (Å²) < 4.78 is 10.9. The topological polar surface area (TPSA) is 80.8 Å². The molecule has 0 bridgehead atoms. The maximum Gasteiger partial charge on any atom is 0.227 e. The van der Waals surface area contributed by atoms with Crippen LogP contribution in [-0.2, 0) is 19.7 Å². The van der Waals surface area contributed by atoms with Crippen LogP contribution in [0.15, 0.2) is 36.5 Å². The number of carbonyl (C=O) groups is 2. The quantitative estimate of drug-likeness (QED) is 0.723. The first-order valence-corrected chi connectivity index (χ1v) is 10.8. The summed E-state index contributed by atoms with van der Waals surface area (Å²) >= 11 is 0. The summed E-state index contributed by atoms with van der Waals surface area (Å²) in [4.78, 5) is 30.3. The lowest BCUT2D eigenvalue weighted by atomic mass is 9.75. The van der Waals surface area contributed by atoms with Gasteiger partial charge in [-0.05, 0) is 54.2 Å². The van der Waals surface area contributed by atoms with Crippen molar-refractivity contribution >= 4 is 17.5 Å². The molecule has 2 aliphatic heterocycles. The van der Waals surface area contributed by atoms with Crippen LogP contribution in [0.5, 0.6) is 5.88 Å². The molecule has 1 fully saturated rings. The second-order valence-corrected chi connectivity index (χ2v) is 8.28. The highest BCUT2D eigenvalue weighted by Gasteiger charge is 2.45. The molecule has 1 aromatic heterocycles. The van der Waals surface area contributed by atoms with Crippen molar-refractivity contribution in [1.29, 1.82) is 0 Å². The van der Waals surface area contributed by atoms with Gasteiger partial charge in [0.2, 0.25) is 17.7 Å². The summed E-state index contributed by atoms with van der Waals surface area (Å²) in [5.41, 5.74) is 4.27. The lowest BCUT2D eigenvalue weighted by molar-refractivity contribution is -0.120. The number of methoxy groups -OCH3 is 1. The maximum atomic E-state index is 13.1. The van der Waals surface area contributed by atoms with Gasteiger partial charge in [0.05, 0.1) is 7.11 Å². The van der Waals surface area contributed by atoms with Crippen molar-refractivity contribution in [3.8, 4) is 17.0 Å². The lowest BCUT2D eigenvalue weighted by Crippen LogP contribution is -2.40. The Hall–Kier alpha value is -2.93. The summed E-state index contributed by atoms with van der Waals surface area (Å²) in [5, 5.41) is 2.76. The van der Waals surface area contributed by atoms with Crippen LogP contribution in [0.25, 0.3) is 11.1 Å². The molecule has 2 amide bonds. The minimum atomic E-state index is -0.0754. The molecule has 7 heteroatoms. The molecule has 1 aromatic carbocycles. The minimum Gasteiger partial charge on any atom is -0.481 e. The number of carbonyl (C=O) groups excluding carboxylic acids is 2. The standard InChI is InChI=1S/C24H29N3O4/c1-17(28)25-10-3-4-23(29)27-16-24(8-12-31-13-9-24)20-14-18(5-6-21(20)27)19-7-11-26-22(15-19)30-2/h5-7,11,14-15H,3-4,8-10,12-13,16H2,1-2H3,(H,25,28). The van der Waals surface area contributed by atoms with Crippen LogP contribution in [0.4, 0.5) is 5.69 Å². The molecule has 1 spiro atoms. The van der Waals surface area contributed by atoms with Gasteiger partial charge in [0.15, 0.2) is 0 Å². The van der Waals surface area contributed by atoms with E-state index in [1.54, 1.807) is 13.3 Å². The van der Waals surface area contributed by atoms with E-state index in [4.69, 9.17) is 9.47 Å². The van der Waals surface area contributed by atoms with Gasteiger partial charge in [0, 0.05) is 63.0 Å². The Kier molecular flexibility index (Phi) is 6.23. The molecule has 0 atom stereocenters. The molecule has 164 valence electrons. The third kappa shape index (κ3) is 4.42. The second kappa shape index (κ2) is 9.06. The number of anilines is 1. The van der Waals surface area contributed by atoms with Gasteiger partial charge in [-0.25, -0.2) is 4.98 Å². The van der Waals surface area contributed by atoms with E-state index in [1.165, 1.54) is 12.5 Å². The van der Waals surface area contributed by atoms with Crippen LogP contribution in [0.3, 0.4) is 0 Å². The summed E-state index contributed by atoms with van der Waals surface area (Å²) in [7, 11) is 1.61. The zero-order chi connectivity index (χ0) is 21.8.